The summed E-state index contributed by atoms with van der Waals surface area (Å²) in [6, 6.07) is 4.69. The Kier molecular flexibility index (Phi) is 8.58. The van der Waals surface area contributed by atoms with E-state index in [0.717, 1.165) is 23.0 Å². The summed E-state index contributed by atoms with van der Waals surface area (Å²) in [6.45, 7) is 10.5. The second-order valence-electron chi connectivity index (χ2n) is 6.75. The van der Waals surface area contributed by atoms with Crippen molar-refractivity contribution in [2.45, 2.75) is 71.6 Å². The van der Waals surface area contributed by atoms with Gasteiger partial charge < -0.3 is 15.4 Å². The first kappa shape index (κ1) is 20.5. The maximum absolute atomic E-state index is 11.8. The molecule has 1 heterocycles. The van der Waals surface area contributed by atoms with Crippen LogP contribution >= 0.6 is 27.3 Å². The van der Waals surface area contributed by atoms with Crippen molar-refractivity contribution in [2.75, 3.05) is 6.54 Å². The van der Waals surface area contributed by atoms with Crippen LogP contribution in [0.3, 0.4) is 0 Å². The number of nitrogens with one attached hydrogen (secondary N) is 2. The zero-order valence-electron chi connectivity index (χ0n) is 14.7. The van der Waals surface area contributed by atoms with Gasteiger partial charge in [-0.15, -0.1) is 11.3 Å². The van der Waals surface area contributed by atoms with Crippen LogP contribution in [0.4, 0.5) is 4.79 Å². The Hall–Kier alpha value is -0.590. The van der Waals surface area contributed by atoms with Crippen molar-refractivity contribution in [1.29, 1.82) is 0 Å². The average molecular weight is 405 g/mol. The van der Waals surface area contributed by atoms with E-state index < -0.39 is 5.60 Å². The van der Waals surface area contributed by atoms with Crippen LogP contribution in [0.25, 0.3) is 0 Å². The lowest BCUT2D eigenvalue weighted by atomic mass is 10.1. The van der Waals surface area contributed by atoms with E-state index in [2.05, 4.69) is 52.5 Å². The van der Waals surface area contributed by atoms with E-state index >= 15 is 0 Å². The number of thiophene rings is 1. The minimum Gasteiger partial charge on any atom is -0.444 e. The summed E-state index contributed by atoms with van der Waals surface area (Å²) in [5.74, 6) is 0. The zero-order valence-corrected chi connectivity index (χ0v) is 17.1. The highest BCUT2D eigenvalue weighted by atomic mass is 79.9. The van der Waals surface area contributed by atoms with Gasteiger partial charge in [0.2, 0.25) is 0 Å². The summed E-state index contributed by atoms with van der Waals surface area (Å²) in [4.78, 5) is 13.1. The lowest BCUT2D eigenvalue weighted by Crippen LogP contribution is -2.43. The van der Waals surface area contributed by atoms with E-state index in [9.17, 15) is 4.79 Å². The van der Waals surface area contributed by atoms with E-state index in [4.69, 9.17) is 4.74 Å². The van der Waals surface area contributed by atoms with Gasteiger partial charge in [0.15, 0.2) is 0 Å². The molecule has 0 radical (unpaired) electrons. The Balaban J connectivity index is 2.53. The SMILES string of the molecule is CCCCC(CNC(=O)OC(C)(C)C)NC(C)c1ccc(Br)s1. The summed E-state index contributed by atoms with van der Waals surface area (Å²) in [7, 11) is 0. The standard InChI is InChI=1S/C17H29BrN2O2S/c1-6-7-8-13(11-19-16(21)22-17(3,4)5)20-12(2)14-9-10-15(18)23-14/h9-10,12-13,20H,6-8,11H2,1-5H3,(H,19,21). The molecule has 0 aliphatic rings. The molecular formula is C17H29BrN2O2S. The maximum Gasteiger partial charge on any atom is 0.407 e. The van der Waals surface area contributed by atoms with Gasteiger partial charge in [-0.3, -0.25) is 0 Å². The summed E-state index contributed by atoms with van der Waals surface area (Å²) >= 11 is 5.24. The van der Waals surface area contributed by atoms with Gasteiger partial charge in [0.1, 0.15) is 5.60 Å². The molecule has 0 aliphatic heterocycles. The third-order valence-electron chi connectivity index (χ3n) is 3.30. The molecule has 23 heavy (non-hydrogen) atoms. The number of carbonyl (C=O) groups excluding carboxylic acids is 1. The number of halogens is 1. The van der Waals surface area contributed by atoms with Crippen molar-refractivity contribution < 1.29 is 9.53 Å². The van der Waals surface area contributed by atoms with Crippen LogP contribution in [-0.2, 0) is 4.74 Å². The van der Waals surface area contributed by atoms with Crippen molar-refractivity contribution in [1.82, 2.24) is 10.6 Å². The predicted octanol–water partition coefficient (Wildman–Crippen LogP) is 5.24. The van der Waals surface area contributed by atoms with Crippen molar-refractivity contribution in [3.05, 3.63) is 20.8 Å². The fraction of sp³-hybridized carbons (Fsp3) is 0.706. The van der Waals surface area contributed by atoms with Gasteiger partial charge in [0.05, 0.1) is 3.79 Å². The van der Waals surface area contributed by atoms with Crippen LogP contribution in [0.2, 0.25) is 0 Å². The number of amides is 1. The average Bonchev–Trinajstić information content (AvgIpc) is 2.86. The first-order chi connectivity index (χ1) is 10.7. The molecule has 1 amide bonds. The molecular weight excluding hydrogens is 376 g/mol. The van der Waals surface area contributed by atoms with Gasteiger partial charge in [-0.25, -0.2) is 4.79 Å². The van der Waals surface area contributed by atoms with E-state index in [1.807, 2.05) is 20.8 Å². The van der Waals surface area contributed by atoms with Crippen LogP contribution in [0, 0.1) is 0 Å². The third-order valence-corrected chi connectivity index (χ3v) is 5.11. The van der Waals surface area contributed by atoms with Gasteiger partial charge in [-0.2, -0.15) is 0 Å². The largest absolute Gasteiger partial charge is 0.444 e. The molecule has 4 nitrogen and oxygen atoms in total. The van der Waals surface area contributed by atoms with Crippen LogP contribution in [-0.4, -0.2) is 24.3 Å². The summed E-state index contributed by atoms with van der Waals surface area (Å²) in [5.41, 5.74) is -0.465. The molecule has 6 heteroatoms. The smallest absolute Gasteiger partial charge is 0.407 e. The lowest BCUT2D eigenvalue weighted by molar-refractivity contribution is 0.0521. The quantitative estimate of drug-likeness (QED) is 0.622. The summed E-state index contributed by atoms with van der Waals surface area (Å²) in [5, 5.41) is 6.50. The second-order valence-corrected chi connectivity index (χ2v) is 9.25. The molecule has 2 unspecified atom stereocenters. The van der Waals surface area contributed by atoms with Crippen molar-refractivity contribution in [3.63, 3.8) is 0 Å². The molecule has 0 bridgehead atoms. The van der Waals surface area contributed by atoms with Crippen LogP contribution < -0.4 is 10.6 Å². The number of hydrogen-bond acceptors (Lipinski definition) is 4. The summed E-state index contributed by atoms with van der Waals surface area (Å²) < 4.78 is 6.44. The molecule has 0 aromatic carbocycles. The Bertz CT molecular complexity index is 485. The molecule has 2 atom stereocenters. The number of hydrogen-bond donors (Lipinski definition) is 2. The topological polar surface area (TPSA) is 50.4 Å². The third kappa shape index (κ3) is 8.72. The number of unbranched alkanes of at least 4 members (excludes halogenated alkanes) is 1. The predicted molar refractivity (Wildman–Crippen MR) is 101 cm³/mol. The number of alkyl carbamates (subject to hydrolysis) is 1. The molecule has 2 N–H and O–H groups in total. The molecule has 0 saturated heterocycles. The van der Waals surface area contributed by atoms with Crippen molar-refractivity contribution in [3.8, 4) is 0 Å². The molecule has 132 valence electrons. The molecule has 1 aromatic rings. The lowest BCUT2D eigenvalue weighted by Gasteiger charge is -2.25. The maximum atomic E-state index is 11.8. The van der Waals surface area contributed by atoms with E-state index in [0.29, 0.717) is 6.54 Å². The minimum atomic E-state index is -0.465. The molecule has 0 saturated carbocycles. The molecule has 0 fully saturated rings. The van der Waals surface area contributed by atoms with Crippen LogP contribution in [0.5, 0.6) is 0 Å². The highest BCUT2D eigenvalue weighted by Gasteiger charge is 2.19. The summed E-state index contributed by atoms with van der Waals surface area (Å²) in [6.07, 6.45) is 2.95. The van der Waals surface area contributed by atoms with Crippen molar-refractivity contribution in [2.24, 2.45) is 0 Å². The Morgan fingerprint density at radius 1 is 1.39 bits per heavy atom. The van der Waals surface area contributed by atoms with Crippen molar-refractivity contribution >= 4 is 33.4 Å². The monoisotopic (exact) mass is 404 g/mol. The molecule has 1 aromatic heterocycles. The Labute approximate surface area is 152 Å². The van der Waals surface area contributed by atoms with Crippen LogP contribution in [0.15, 0.2) is 15.9 Å². The molecule has 1 rings (SSSR count). The Morgan fingerprint density at radius 3 is 2.61 bits per heavy atom. The van der Waals surface area contributed by atoms with E-state index in [-0.39, 0.29) is 18.2 Å². The minimum absolute atomic E-state index is 0.235. The van der Waals surface area contributed by atoms with Gasteiger partial charge >= 0.3 is 6.09 Å². The molecule has 0 aliphatic carbocycles. The van der Waals surface area contributed by atoms with Gasteiger partial charge in [-0.1, -0.05) is 19.8 Å². The second kappa shape index (κ2) is 9.64. The Morgan fingerprint density at radius 2 is 2.09 bits per heavy atom. The first-order valence-electron chi connectivity index (χ1n) is 8.19. The van der Waals surface area contributed by atoms with E-state index in [1.165, 1.54) is 4.88 Å². The first-order valence-corrected chi connectivity index (χ1v) is 9.80. The van der Waals surface area contributed by atoms with Gasteiger partial charge in [0.25, 0.3) is 0 Å². The number of rotatable bonds is 8. The normalized spacial score (nSPS) is 14.3. The van der Waals surface area contributed by atoms with Crippen LogP contribution in [0.1, 0.15) is 64.8 Å². The fourth-order valence-corrected chi connectivity index (χ4v) is 3.65. The zero-order chi connectivity index (χ0) is 17.5. The highest BCUT2D eigenvalue weighted by molar-refractivity contribution is 9.11. The fourth-order valence-electron chi connectivity index (χ4n) is 2.21. The van der Waals surface area contributed by atoms with E-state index in [1.54, 1.807) is 11.3 Å². The highest BCUT2D eigenvalue weighted by Crippen LogP contribution is 2.27. The van der Waals surface area contributed by atoms with Gasteiger partial charge in [-0.05, 0) is 62.2 Å². The van der Waals surface area contributed by atoms with Gasteiger partial charge in [0, 0.05) is 23.5 Å². The number of carbonyl (C=O) groups is 1. The molecule has 0 spiro atoms. The number of ether oxygens (including phenoxy) is 1.